The molecule has 0 unspecified atom stereocenters. The Balaban J connectivity index is 1.58. The van der Waals surface area contributed by atoms with Gasteiger partial charge >= 0.3 is 6.18 Å². The lowest BCUT2D eigenvalue weighted by molar-refractivity contribution is -0.141. The van der Waals surface area contributed by atoms with E-state index in [-0.39, 0.29) is 23.3 Å². The van der Waals surface area contributed by atoms with Crippen LogP contribution in [0.15, 0.2) is 36.3 Å². The zero-order chi connectivity index (χ0) is 23.8. The number of nitrogens with one attached hydrogen (secondary N) is 3. The van der Waals surface area contributed by atoms with E-state index >= 15 is 0 Å². The summed E-state index contributed by atoms with van der Waals surface area (Å²) in [5.41, 5.74) is 5.49. The second-order valence-corrected chi connectivity index (χ2v) is 7.87. The molecular formula is C21H22F3N7O2. The molecule has 0 saturated carbocycles. The molecule has 1 saturated heterocycles. The topological polar surface area (TPSA) is 125 Å². The van der Waals surface area contributed by atoms with Gasteiger partial charge < -0.3 is 21.7 Å². The molecule has 3 heterocycles. The van der Waals surface area contributed by atoms with Crippen molar-refractivity contribution in [2.75, 3.05) is 29.5 Å². The molecule has 5 N–H and O–H groups in total. The van der Waals surface area contributed by atoms with Gasteiger partial charge in [-0.1, -0.05) is 6.42 Å². The molecule has 4 rings (SSSR count). The second-order valence-electron chi connectivity index (χ2n) is 7.87. The standard InChI is InChI=1S/C21H22F3N7O2/c1-31-9-3-2-4-14(31)20(33)27-11-5-6-12-13(10-11)29-19(28-12)16(17(25)32)18-26-8-7-15(30-18)21(22,23)24/h5-8,10,14,28-29H,2-4,9H2,1H3,(H2,25,32)(H,27,33)/t14-/m1/s1. The zero-order valence-electron chi connectivity index (χ0n) is 17.7. The van der Waals surface area contributed by atoms with Gasteiger partial charge in [-0.05, 0) is 50.7 Å². The maximum atomic E-state index is 13.0. The van der Waals surface area contributed by atoms with Gasteiger partial charge in [-0.2, -0.15) is 13.2 Å². The first-order chi connectivity index (χ1) is 15.6. The quantitative estimate of drug-likeness (QED) is 0.516. The van der Waals surface area contributed by atoms with E-state index in [1.165, 1.54) is 0 Å². The number of nitrogens with zero attached hydrogens (tertiary/aromatic N) is 3. The van der Waals surface area contributed by atoms with Crippen molar-refractivity contribution < 1.29 is 22.8 Å². The van der Waals surface area contributed by atoms with E-state index in [1.807, 2.05) is 11.9 Å². The average Bonchev–Trinajstić information content (AvgIpc) is 3.16. The van der Waals surface area contributed by atoms with Crippen molar-refractivity contribution in [2.45, 2.75) is 31.5 Å². The number of nitrogens with two attached hydrogens (primary N) is 1. The Hall–Kier alpha value is -3.67. The fourth-order valence-corrected chi connectivity index (χ4v) is 3.87. The molecule has 33 heavy (non-hydrogen) atoms. The van der Waals surface area contributed by atoms with Gasteiger partial charge in [-0.3, -0.25) is 14.5 Å². The minimum atomic E-state index is -4.70. The molecule has 2 aliphatic rings. The number of amides is 2. The summed E-state index contributed by atoms with van der Waals surface area (Å²) >= 11 is 0. The molecule has 9 nitrogen and oxygen atoms in total. The molecule has 1 aromatic carbocycles. The van der Waals surface area contributed by atoms with E-state index in [0.717, 1.165) is 32.0 Å². The fraction of sp³-hybridized carbons (Fsp3) is 0.333. The van der Waals surface area contributed by atoms with Crippen molar-refractivity contribution in [1.82, 2.24) is 14.9 Å². The average molecular weight is 461 g/mol. The molecular weight excluding hydrogens is 439 g/mol. The highest BCUT2D eigenvalue weighted by Gasteiger charge is 2.34. The number of aromatic nitrogens is 2. The number of rotatable bonds is 4. The minimum absolute atomic E-state index is 0.0484. The number of benzene rings is 1. The van der Waals surface area contributed by atoms with Crippen molar-refractivity contribution in [1.29, 1.82) is 0 Å². The summed E-state index contributed by atoms with van der Waals surface area (Å²) in [5.74, 6) is -1.54. The summed E-state index contributed by atoms with van der Waals surface area (Å²) in [6.45, 7) is 0.857. The minimum Gasteiger partial charge on any atom is -0.365 e. The van der Waals surface area contributed by atoms with Crippen LogP contribution in [-0.2, 0) is 15.8 Å². The number of alkyl halides is 3. The smallest absolute Gasteiger partial charge is 0.365 e. The third-order valence-corrected chi connectivity index (χ3v) is 5.55. The van der Waals surface area contributed by atoms with E-state index in [4.69, 9.17) is 5.73 Å². The molecule has 2 aliphatic heterocycles. The first-order valence-electron chi connectivity index (χ1n) is 10.3. The van der Waals surface area contributed by atoms with Gasteiger partial charge in [0, 0.05) is 11.9 Å². The Kier molecular flexibility index (Phi) is 5.93. The van der Waals surface area contributed by atoms with Crippen LogP contribution in [0.2, 0.25) is 0 Å². The van der Waals surface area contributed by atoms with Crippen LogP contribution in [0.1, 0.15) is 30.8 Å². The Labute approximate surface area is 187 Å². The lowest BCUT2D eigenvalue weighted by Crippen LogP contribution is -2.44. The number of likely N-dealkylation sites (tertiary alicyclic amines) is 1. The Morgan fingerprint density at radius 1 is 1.18 bits per heavy atom. The number of carbonyl (C=O) groups is 2. The summed E-state index contributed by atoms with van der Waals surface area (Å²) in [6, 6.07) is 5.49. The monoisotopic (exact) mass is 461 g/mol. The normalized spacial score (nSPS) is 19.8. The number of primary amides is 1. The molecule has 0 radical (unpaired) electrons. The highest BCUT2D eigenvalue weighted by Crippen LogP contribution is 2.36. The molecule has 2 amide bonds. The maximum Gasteiger partial charge on any atom is 0.433 e. The molecule has 2 aromatic rings. The van der Waals surface area contributed by atoms with E-state index in [2.05, 4.69) is 25.9 Å². The lowest BCUT2D eigenvalue weighted by Gasteiger charge is -2.31. The molecule has 12 heteroatoms. The van der Waals surface area contributed by atoms with Crippen LogP contribution in [0.25, 0.3) is 5.57 Å². The number of hydrogen-bond acceptors (Lipinski definition) is 7. The first kappa shape index (κ1) is 22.5. The van der Waals surface area contributed by atoms with Gasteiger partial charge in [0.1, 0.15) is 17.1 Å². The van der Waals surface area contributed by atoms with Gasteiger partial charge in [0.25, 0.3) is 5.91 Å². The number of hydrogen-bond donors (Lipinski definition) is 4. The van der Waals surface area contributed by atoms with Crippen LogP contribution < -0.4 is 21.7 Å². The summed E-state index contributed by atoms with van der Waals surface area (Å²) < 4.78 is 39.1. The van der Waals surface area contributed by atoms with Gasteiger partial charge in [0.2, 0.25) is 5.91 Å². The SMILES string of the molecule is CN1CCCC[C@@H]1C(=O)Nc1ccc2c(c1)NC(=C(C(N)=O)c1nccc(C(F)(F)F)n1)N2. The van der Waals surface area contributed by atoms with E-state index in [1.54, 1.807) is 18.2 Å². The van der Waals surface area contributed by atoms with Crippen molar-refractivity contribution in [3.63, 3.8) is 0 Å². The molecule has 1 aromatic heterocycles. The summed E-state index contributed by atoms with van der Waals surface area (Å²) in [7, 11) is 1.91. The van der Waals surface area contributed by atoms with E-state index < -0.39 is 23.6 Å². The number of fused-ring (bicyclic) bond motifs is 1. The van der Waals surface area contributed by atoms with Crippen LogP contribution >= 0.6 is 0 Å². The number of anilines is 3. The Bertz CT molecular complexity index is 1130. The van der Waals surface area contributed by atoms with Crippen LogP contribution in [0.3, 0.4) is 0 Å². The van der Waals surface area contributed by atoms with Gasteiger partial charge in [-0.15, -0.1) is 0 Å². The first-order valence-corrected chi connectivity index (χ1v) is 10.3. The number of piperidine rings is 1. The van der Waals surface area contributed by atoms with Gasteiger partial charge in [0.15, 0.2) is 5.82 Å². The molecule has 0 bridgehead atoms. The molecule has 174 valence electrons. The van der Waals surface area contributed by atoms with Gasteiger partial charge in [-0.25, -0.2) is 9.97 Å². The number of carbonyl (C=O) groups excluding carboxylic acids is 2. The molecule has 0 spiro atoms. The Morgan fingerprint density at radius 3 is 2.64 bits per heavy atom. The van der Waals surface area contributed by atoms with Crippen molar-refractivity contribution >= 4 is 34.4 Å². The van der Waals surface area contributed by atoms with Crippen LogP contribution in [0, 0.1) is 0 Å². The van der Waals surface area contributed by atoms with E-state index in [0.29, 0.717) is 23.1 Å². The van der Waals surface area contributed by atoms with Crippen LogP contribution in [0.5, 0.6) is 0 Å². The maximum absolute atomic E-state index is 13.0. The number of likely N-dealkylation sites (N-methyl/N-ethyl adjacent to an activating group) is 1. The van der Waals surface area contributed by atoms with Crippen molar-refractivity contribution in [3.8, 4) is 0 Å². The lowest BCUT2D eigenvalue weighted by atomic mass is 10.0. The molecule has 1 fully saturated rings. The van der Waals surface area contributed by atoms with Crippen molar-refractivity contribution in [2.24, 2.45) is 5.73 Å². The fourth-order valence-electron chi connectivity index (χ4n) is 3.87. The highest BCUT2D eigenvalue weighted by molar-refractivity contribution is 6.20. The summed E-state index contributed by atoms with van der Waals surface area (Å²) in [4.78, 5) is 34.0. The molecule has 0 aliphatic carbocycles. The second kappa shape index (κ2) is 8.70. The van der Waals surface area contributed by atoms with Crippen LogP contribution in [0.4, 0.5) is 30.2 Å². The van der Waals surface area contributed by atoms with Crippen molar-refractivity contribution in [3.05, 3.63) is 47.8 Å². The summed E-state index contributed by atoms with van der Waals surface area (Å²) in [5, 5.41) is 8.72. The third kappa shape index (κ3) is 4.75. The zero-order valence-corrected chi connectivity index (χ0v) is 17.7. The highest BCUT2D eigenvalue weighted by atomic mass is 19.4. The number of halogens is 3. The summed E-state index contributed by atoms with van der Waals surface area (Å²) in [6.07, 6.45) is -0.975. The van der Waals surface area contributed by atoms with Gasteiger partial charge in [0.05, 0.1) is 17.4 Å². The molecule has 1 atom stereocenters. The van der Waals surface area contributed by atoms with E-state index in [9.17, 15) is 22.8 Å². The third-order valence-electron chi connectivity index (χ3n) is 5.55. The largest absolute Gasteiger partial charge is 0.433 e. The predicted molar refractivity (Wildman–Crippen MR) is 116 cm³/mol. The predicted octanol–water partition coefficient (Wildman–Crippen LogP) is 2.61. The van der Waals surface area contributed by atoms with Crippen LogP contribution in [-0.4, -0.2) is 46.3 Å². The Morgan fingerprint density at radius 2 is 1.94 bits per heavy atom.